The number of aliphatic hydroxyl groups is 1. The monoisotopic (exact) mass is 266 g/mol. The molecule has 0 spiro atoms. The first-order valence-electron chi connectivity index (χ1n) is 7.03. The summed E-state index contributed by atoms with van der Waals surface area (Å²) < 4.78 is 0. The van der Waals surface area contributed by atoms with E-state index >= 15 is 0 Å². The third kappa shape index (κ3) is 3.07. The van der Waals surface area contributed by atoms with E-state index in [-0.39, 0.29) is 0 Å². The first-order chi connectivity index (χ1) is 8.66. The van der Waals surface area contributed by atoms with Crippen LogP contribution in [0.4, 0.5) is 0 Å². The number of halogens is 1. The second kappa shape index (κ2) is 6.08. The van der Waals surface area contributed by atoms with Gasteiger partial charge in [0.15, 0.2) is 0 Å². The zero-order valence-electron chi connectivity index (χ0n) is 11.2. The Morgan fingerprint density at radius 3 is 2.39 bits per heavy atom. The highest BCUT2D eigenvalue weighted by molar-refractivity contribution is 6.30. The van der Waals surface area contributed by atoms with Crippen molar-refractivity contribution >= 4 is 11.6 Å². The van der Waals surface area contributed by atoms with Gasteiger partial charge in [0, 0.05) is 11.6 Å². The van der Waals surface area contributed by atoms with E-state index in [1.165, 1.54) is 37.7 Å². The highest BCUT2D eigenvalue weighted by Gasteiger charge is 2.35. The molecular weight excluding hydrogens is 244 g/mol. The van der Waals surface area contributed by atoms with Crippen molar-refractivity contribution in [2.75, 3.05) is 6.61 Å². The lowest BCUT2D eigenvalue weighted by atomic mass is 9.74. The highest BCUT2D eigenvalue weighted by atomic mass is 35.5. The van der Waals surface area contributed by atoms with Gasteiger partial charge in [0.05, 0.1) is 0 Å². The molecule has 18 heavy (non-hydrogen) atoms. The summed E-state index contributed by atoms with van der Waals surface area (Å²) in [7, 11) is 0. The molecule has 0 saturated heterocycles. The third-order valence-electron chi connectivity index (χ3n) is 4.44. The van der Waals surface area contributed by atoms with Gasteiger partial charge in [-0.3, -0.25) is 0 Å². The predicted molar refractivity (Wildman–Crippen MR) is 77.1 cm³/mol. The molecule has 1 aromatic carbocycles. The maximum atomic E-state index is 9.18. The first-order valence-corrected chi connectivity index (χ1v) is 7.41. The van der Waals surface area contributed by atoms with Crippen LogP contribution in [0.3, 0.4) is 0 Å². The number of hydrogen-bond acceptors (Lipinski definition) is 1. The minimum absolute atomic E-state index is 0.302. The Labute approximate surface area is 115 Å². The summed E-state index contributed by atoms with van der Waals surface area (Å²) in [4.78, 5) is 0. The Morgan fingerprint density at radius 1 is 1.22 bits per heavy atom. The molecular formula is C16H23ClO. The Bertz CT molecular complexity index is 365. The molecule has 2 heteroatoms. The van der Waals surface area contributed by atoms with Crippen molar-refractivity contribution in [3.63, 3.8) is 0 Å². The maximum absolute atomic E-state index is 9.18. The van der Waals surface area contributed by atoms with E-state index in [1.54, 1.807) is 0 Å². The summed E-state index contributed by atoms with van der Waals surface area (Å²) in [6, 6.07) is 8.40. The lowest BCUT2D eigenvalue weighted by Crippen LogP contribution is -2.23. The van der Waals surface area contributed by atoms with Crippen LogP contribution in [-0.2, 0) is 5.41 Å². The molecule has 1 fully saturated rings. The SMILES string of the molecule is C[C@@H](CO)CCC1(c2ccc(Cl)cc2)CCCC1. The molecule has 100 valence electrons. The molecule has 1 N–H and O–H groups in total. The van der Waals surface area contributed by atoms with Gasteiger partial charge in [-0.15, -0.1) is 0 Å². The molecule has 0 aliphatic heterocycles. The van der Waals surface area contributed by atoms with Crippen molar-refractivity contribution < 1.29 is 5.11 Å². The van der Waals surface area contributed by atoms with E-state index in [0.717, 1.165) is 11.4 Å². The van der Waals surface area contributed by atoms with Gasteiger partial charge < -0.3 is 5.11 Å². The van der Waals surface area contributed by atoms with Crippen molar-refractivity contribution in [2.24, 2.45) is 5.92 Å². The quantitative estimate of drug-likeness (QED) is 0.828. The Balaban J connectivity index is 2.13. The Hall–Kier alpha value is -0.530. The van der Waals surface area contributed by atoms with Crippen molar-refractivity contribution in [1.82, 2.24) is 0 Å². The number of hydrogen-bond donors (Lipinski definition) is 1. The molecule has 0 bridgehead atoms. The Kier molecular flexibility index (Phi) is 4.69. The molecule has 0 heterocycles. The van der Waals surface area contributed by atoms with Crippen LogP contribution in [0.25, 0.3) is 0 Å². The van der Waals surface area contributed by atoms with E-state index < -0.39 is 0 Å². The molecule has 1 aliphatic carbocycles. The minimum atomic E-state index is 0.302. The zero-order valence-corrected chi connectivity index (χ0v) is 11.9. The van der Waals surface area contributed by atoms with E-state index in [1.807, 2.05) is 12.1 Å². The summed E-state index contributed by atoms with van der Waals surface area (Å²) in [5.74, 6) is 0.412. The molecule has 1 aromatic rings. The standard InChI is InChI=1S/C16H23ClO/c1-13(12-18)8-11-16(9-2-3-10-16)14-4-6-15(17)7-5-14/h4-7,13,18H,2-3,8-12H2,1H3/t13-/m1/s1. The molecule has 0 aromatic heterocycles. The first kappa shape index (κ1) is 13.9. The third-order valence-corrected chi connectivity index (χ3v) is 4.70. The van der Waals surface area contributed by atoms with Gasteiger partial charge in [-0.2, -0.15) is 0 Å². The molecule has 1 saturated carbocycles. The smallest absolute Gasteiger partial charge is 0.0456 e. The van der Waals surface area contributed by atoms with Crippen molar-refractivity contribution in [3.05, 3.63) is 34.9 Å². The van der Waals surface area contributed by atoms with Gasteiger partial charge >= 0.3 is 0 Å². The minimum Gasteiger partial charge on any atom is -0.396 e. The zero-order chi connectivity index (χ0) is 13.0. The molecule has 1 aliphatic rings. The fraction of sp³-hybridized carbons (Fsp3) is 0.625. The summed E-state index contributed by atoms with van der Waals surface area (Å²) in [5, 5.41) is 10.00. The topological polar surface area (TPSA) is 20.2 Å². The number of rotatable bonds is 5. The lowest BCUT2D eigenvalue weighted by molar-refractivity contribution is 0.216. The summed E-state index contributed by atoms with van der Waals surface area (Å²) in [6.45, 7) is 2.43. The summed E-state index contributed by atoms with van der Waals surface area (Å²) >= 11 is 5.98. The van der Waals surface area contributed by atoms with Crippen LogP contribution in [0.1, 0.15) is 51.0 Å². The van der Waals surface area contributed by atoms with E-state index in [9.17, 15) is 5.11 Å². The van der Waals surface area contributed by atoms with Gasteiger partial charge in [-0.05, 0) is 54.7 Å². The number of aliphatic hydroxyl groups excluding tert-OH is 1. The fourth-order valence-electron chi connectivity index (χ4n) is 3.15. The summed E-state index contributed by atoms with van der Waals surface area (Å²) in [6.07, 6.45) is 7.53. The van der Waals surface area contributed by atoms with Crippen LogP contribution in [0.2, 0.25) is 5.02 Å². The van der Waals surface area contributed by atoms with Gasteiger partial charge in [0.1, 0.15) is 0 Å². The average molecular weight is 267 g/mol. The highest BCUT2D eigenvalue weighted by Crippen LogP contribution is 2.45. The van der Waals surface area contributed by atoms with Crippen LogP contribution in [-0.4, -0.2) is 11.7 Å². The van der Waals surface area contributed by atoms with Gasteiger partial charge in [-0.25, -0.2) is 0 Å². The Morgan fingerprint density at radius 2 is 1.83 bits per heavy atom. The summed E-state index contributed by atoms with van der Waals surface area (Å²) in [5.41, 5.74) is 1.78. The molecule has 0 amide bonds. The van der Waals surface area contributed by atoms with E-state index in [0.29, 0.717) is 17.9 Å². The van der Waals surface area contributed by atoms with Crippen LogP contribution in [0, 0.1) is 5.92 Å². The molecule has 2 rings (SSSR count). The number of benzene rings is 1. The van der Waals surface area contributed by atoms with E-state index in [4.69, 9.17) is 11.6 Å². The molecule has 1 atom stereocenters. The van der Waals surface area contributed by atoms with Gasteiger partial charge in [0.25, 0.3) is 0 Å². The van der Waals surface area contributed by atoms with Crippen LogP contribution < -0.4 is 0 Å². The predicted octanol–water partition coefficient (Wildman–Crippen LogP) is 4.56. The fourth-order valence-corrected chi connectivity index (χ4v) is 3.28. The maximum Gasteiger partial charge on any atom is 0.0456 e. The van der Waals surface area contributed by atoms with Crippen LogP contribution in [0.15, 0.2) is 24.3 Å². The normalized spacial score (nSPS) is 19.9. The molecule has 1 nitrogen and oxygen atoms in total. The molecule has 0 unspecified atom stereocenters. The second-order valence-electron chi connectivity index (χ2n) is 5.82. The van der Waals surface area contributed by atoms with Crippen molar-refractivity contribution in [2.45, 2.75) is 50.9 Å². The van der Waals surface area contributed by atoms with Crippen LogP contribution in [0.5, 0.6) is 0 Å². The second-order valence-corrected chi connectivity index (χ2v) is 6.26. The van der Waals surface area contributed by atoms with Crippen LogP contribution >= 0.6 is 11.6 Å². The van der Waals surface area contributed by atoms with Gasteiger partial charge in [0.2, 0.25) is 0 Å². The van der Waals surface area contributed by atoms with Crippen molar-refractivity contribution in [3.8, 4) is 0 Å². The largest absolute Gasteiger partial charge is 0.396 e. The van der Waals surface area contributed by atoms with Crippen molar-refractivity contribution in [1.29, 1.82) is 0 Å². The average Bonchev–Trinajstić information content (AvgIpc) is 2.87. The molecule has 0 radical (unpaired) electrons. The van der Waals surface area contributed by atoms with E-state index in [2.05, 4.69) is 19.1 Å². The lowest BCUT2D eigenvalue weighted by Gasteiger charge is -2.31. The van der Waals surface area contributed by atoms with Gasteiger partial charge in [-0.1, -0.05) is 43.5 Å².